The summed E-state index contributed by atoms with van der Waals surface area (Å²) in [6.07, 6.45) is -3.75. The summed E-state index contributed by atoms with van der Waals surface area (Å²) in [6.45, 7) is 0. The van der Waals surface area contributed by atoms with E-state index in [1.54, 1.807) is 6.07 Å². The zero-order chi connectivity index (χ0) is 15.5. The van der Waals surface area contributed by atoms with E-state index in [-0.39, 0.29) is 5.92 Å². The molecule has 0 saturated heterocycles. The molecule has 0 spiro atoms. The van der Waals surface area contributed by atoms with Crippen molar-refractivity contribution in [1.29, 1.82) is 0 Å². The van der Waals surface area contributed by atoms with Gasteiger partial charge in [-0.15, -0.1) is 0 Å². The largest absolute Gasteiger partial charge is 0.416 e. The Kier molecular flexibility index (Phi) is 5.49. The van der Waals surface area contributed by atoms with Crippen LogP contribution in [0, 0.1) is 0 Å². The van der Waals surface area contributed by atoms with Crippen molar-refractivity contribution in [1.82, 2.24) is 0 Å². The van der Waals surface area contributed by atoms with E-state index in [0.717, 1.165) is 16.1 Å². The Morgan fingerprint density at radius 1 is 1.00 bits per heavy atom. The minimum Gasteiger partial charge on any atom is -0.166 e. The molecular formula is C16H13Br2F3. The van der Waals surface area contributed by atoms with Gasteiger partial charge in [0.05, 0.1) is 5.56 Å². The Morgan fingerprint density at radius 2 is 1.71 bits per heavy atom. The smallest absolute Gasteiger partial charge is 0.166 e. The summed E-state index contributed by atoms with van der Waals surface area (Å²) in [4.78, 5) is 0. The van der Waals surface area contributed by atoms with Gasteiger partial charge in [-0.1, -0.05) is 68.3 Å². The highest BCUT2D eigenvalue weighted by Crippen LogP contribution is 2.32. The van der Waals surface area contributed by atoms with Crippen molar-refractivity contribution in [3.8, 4) is 0 Å². The van der Waals surface area contributed by atoms with Crippen LogP contribution in [0.25, 0.3) is 0 Å². The van der Waals surface area contributed by atoms with Crippen molar-refractivity contribution in [2.24, 2.45) is 0 Å². The molecule has 0 amide bonds. The lowest BCUT2D eigenvalue weighted by molar-refractivity contribution is -0.137. The Morgan fingerprint density at radius 3 is 2.33 bits per heavy atom. The normalized spacial score (nSPS) is 13.2. The molecule has 2 aromatic rings. The van der Waals surface area contributed by atoms with Gasteiger partial charge < -0.3 is 0 Å². The van der Waals surface area contributed by atoms with Gasteiger partial charge >= 0.3 is 6.18 Å². The maximum atomic E-state index is 12.8. The molecular weight excluding hydrogens is 409 g/mol. The first-order chi connectivity index (χ1) is 9.91. The summed E-state index contributed by atoms with van der Waals surface area (Å²) in [6, 6.07) is 13.3. The van der Waals surface area contributed by atoms with E-state index in [0.29, 0.717) is 17.3 Å². The van der Waals surface area contributed by atoms with E-state index < -0.39 is 11.7 Å². The Labute approximate surface area is 138 Å². The first-order valence-electron chi connectivity index (χ1n) is 6.38. The van der Waals surface area contributed by atoms with Crippen molar-refractivity contribution >= 4 is 31.9 Å². The fourth-order valence-electron chi connectivity index (χ4n) is 2.21. The van der Waals surface area contributed by atoms with Crippen LogP contribution < -0.4 is 0 Å². The molecule has 0 aliphatic carbocycles. The summed E-state index contributed by atoms with van der Waals surface area (Å²) in [5.74, 6) is 0.115. The monoisotopic (exact) mass is 420 g/mol. The fraction of sp³-hybridized carbons (Fsp3) is 0.250. The first kappa shape index (κ1) is 16.6. The summed E-state index contributed by atoms with van der Waals surface area (Å²) in [7, 11) is 0. The minimum absolute atomic E-state index is 0.115. The van der Waals surface area contributed by atoms with Crippen molar-refractivity contribution in [2.75, 3.05) is 5.33 Å². The van der Waals surface area contributed by atoms with Gasteiger partial charge in [0.15, 0.2) is 0 Å². The van der Waals surface area contributed by atoms with Crippen LogP contribution in [-0.4, -0.2) is 5.33 Å². The van der Waals surface area contributed by atoms with Gasteiger partial charge in [0.1, 0.15) is 0 Å². The van der Waals surface area contributed by atoms with Crippen LogP contribution in [0.3, 0.4) is 0 Å². The molecule has 0 aromatic heterocycles. The second-order valence-electron chi connectivity index (χ2n) is 4.78. The number of halogens is 5. The third kappa shape index (κ3) is 4.33. The van der Waals surface area contributed by atoms with Gasteiger partial charge in [-0.3, -0.25) is 0 Å². The predicted molar refractivity (Wildman–Crippen MR) is 85.8 cm³/mol. The van der Waals surface area contributed by atoms with E-state index in [2.05, 4.69) is 31.9 Å². The zero-order valence-electron chi connectivity index (χ0n) is 11.0. The van der Waals surface area contributed by atoms with Crippen molar-refractivity contribution < 1.29 is 13.2 Å². The molecule has 0 nitrogen and oxygen atoms in total. The number of rotatable bonds is 4. The SMILES string of the molecule is FC(F)(F)c1cccc(CC(CBr)c2ccccc2Br)c1. The van der Waals surface area contributed by atoms with Gasteiger partial charge in [-0.2, -0.15) is 13.2 Å². The maximum Gasteiger partial charge on any atom is 0.416 e. The van der Waals surface area contributed by atoms with Crippen molar-refractivity contribution in [3.05, 3.63) is 69.7 Å². The summed E-state index contributed by atoms with van der Waals surface area (Å²) >= 11 is 6.96. The minimum atomic E-state index is -4.30. The van der Waals surface area contributed by atoms with E-state index in [9.17, 15) is 13.2 Å². The summed E-state index contributed by atoms with van der Waals surface area (Å²) in [5.41, 5.74) is 1.18. The van der Waals surface area contributed by atoms with Crippen LogP contribution in [-0.2, 0) is 12.6 Å². The van der Waals surface area contributed by atoms with E-state index in [1.165, 1.54) is 12.1 Å². The molecule has 112 valence electrons. The molecule has 0 heterocycles. The van der Waals surface area contributed by atoms with Gasteiger partial charge in [0.25, 0.3) is 0 Å². The molecule has 5 heteroatoms. The lowest BCUT2D eigenvalue weighted by Gasteiger charge is -2.17. The van der Waals surface area contributed by atoms with Crippen LogP contribution in [0.1, 0.15) is 22.6 Å². The molecule has 0 bridgehead atoms. The predicted octanol–water partition coefficient (Wildman–Crippen LogP) is 6.19. The first-order valence-corrected chi connectivity index (χ1v) is 8.30. The lowest BCUT2D eigenvalue weighted by atomic mass is 9.93. The number of hydrogen-bond donors (Lipinski definition) is 0. The zero-order valence-corrected chi connectivity index (χ0v) is 14.2. The average molecular weight is 422 g/mol. The highest BCUT2D eigenvalue weighted by Gasteiger charge is 2.30. The van der Waals surface area contributed by atoms with Crippen molar-refractivity contribution in [3.63, 3.8) is 0 Å². The topological polar surface area (TPSA) is 0 Å². The van der Waals surface area contributed by atoms with Gasteiger partial charge in [-0.05, 0) is 35.6 Å². The molecule has 2 aromatic carbocycles. The lowest BCUT2D eigenvalue weighted by Crippen LogP contribution is -2.08. The molecule has 1 unspecified atom stereocenters. The molecule has 0 saturated carbocycles. The van der Waals surface area contributed by atoms with Crippen LogP contribution in [0.15, 0.2) is 53.0 Å². The third-order valence-corrected chi connectivity index (χ3v) is 4.77. The molecule has 0 radical (unpaired) electrons. The number of hydrogen-bond acceptors (Lipinski definition) is 0. The highest BCUT2D eigenvalue weighted by atomic mass is 79.9. The summed E-state index contributed by atoms with van der Waals surface area (Å²) < 4.78 is 39.2. The number of alkyl halides is 4. The third-order valence-electron chi connectivity index (χ3n) is 3.27. The van der Waals surface area contributed by atoms with Crippen LogP contribution in [0.5, 0.6) is 0 Å². The quantitative estimate of drug-likeness (QED) is 0.516. The van der Waals surface area contributed by atoms with E-state index >= 15 is 0 Å². The molecule has 2 rings (SSSR count). The van der Waals surface area contributed by atoms with E-state index in [4.69, 9.17) is 0 Å². The Balaban J connectivity index is 2.26. The molecule has 0 fully saturated rings. The molecule has 21 heavy (non-hydrogen) atoms. The summed E-state index contributed by atoms with van der Waals surface area (Å²) in [5, 5.41) is 0.686. The second kappa shape index (κ2) is 6.97. The van der Waals surface area contributed by atoms with Gasteiger partial charge in [0, 0.05) is 9.80 Å². The van der Waals surface area contributed by atoms with Gasteiger partial charge in [0.2, 0.25) is 0 Å². The molecule has 0 aliphatic heterocycles. The number of benzene rings is 2. The van der Waals surface area contributed by atoms with Gasteiger partial charge in [-0.25, -0.2) is 0 Å². The average Bonchev–Trinajstić information content (AvgIpc) is 2.45. The van der Waals surface area contributed by atoms with Crippen molar-refractivity contribution in [2.45, 2.75) is 18.5 Å². The standard InChI is InChI=1S/C16H13Br2F3/c17-10-12(14-6-1-2-7-15(14)18)8-11-4-3-5-13(9-11)16(19,20)21/h1-7,9,12H,8,10H2. The molecule has 1 atom stereocenters. The maximum absolute atomic E-state index is 12.8. The van der Waals surface area contributed by atoms with Crippen LogP contribution in [0.2, 0.25) is 0 Å². The molecule has 0 N–H and O–H groups in total. The second-order valence-corrected chi connectivity index (χ2v) is 6.28. The van der Waals surface area contributed by atoms with Crippen LogP contribution >= 0.6 is 31.9 Å². The fourth-order valence-corrected chi connectivity index (χ4v) is 3.40. The van der Waals surface area contributed by atoms with E-state index in [1.807, 2.05) is 24.3 Å². The Hall–Kier alpha value is -0.810. The molecule has 0 aliphatic rings. The van der Waals surface area contributed by atoms with Crippen LogP contribution in [0.4, 0.5) is 13.2 Å². The Bertz CT molecular complexity index is 608. The highest BCUT2D eigenvalue weighted by molar-refractivity contribution is 9.10.